The van der Waals surface area contributed by atoms with Gasteiger partial charge in [0.25, 0.3) is 0 Å². The van der Waals surface area contributed by atoms with E-state index in [0.717, 1.165) is 41.8 Å². The minimum absolute atomic E-state index is 0.157. The molecule has 1 aliphatic carbocycles. The van der Waals surface area contributed by atoms with Crippen molar-refractivity contribution >= 4 is 29.1 Å². The standard InChI is InChI=1S/C24H25ClN2O3/c1-30-18-11-9-17(10-12-18)16-26-23(29)22-24(13-5-2-6-14-24)19-7-3-4-8-20(19)27(22)21(28)15-25/h2-5,7-12,22H,6,13-16H2,1H3,(H,26,29). The van der Waals surface area contributed by atoms with Crippen LogP contribution in [0.4, 0.5) is 5.69 Å². The molecule has 30 heavy (non-hydrogen) atoms. The first-order chi connectivity index (χ1) is 14.6. The van der Waals surface area contributed by atoms with Crippen molar-refractivity contribution in [3.63, 3.8) is 0 Å². The largest absolute Gasteiger partial charge is 0.497 e. The molecule has 1 N–H and O–H groups in total. The van der Waals surface area contributed by atoms with E-state index in [1.165, 1.54) is 0 Å². The van der Waals surface area contributed by atoms with Crippen LogP contribution in [-0.4, -0.2) is 30.8 Å². The summed E-state index contributed by atoms with van der Waals surface area (Å²) in [6.45, 7) is 0.379. The van der Waals surface area contributed by atoms with Crippen LogP contribution in [0, 0.1) is 0 Å². The SMILES string of the molecule is COc1ccc(CNC(=O)C2N(C(=O)CCl)c3ccccc3C23CC=CCC3)cc1. The van der Waals surface area contributed by atoms with Crippen molar-refractivity contribution < 1.29 is 14.3 Å². The van der Waals surface area contributed by atoms with E-state index >= 15 is 0 Å². The highest BCUT2D eigenvalue weighted by molar-refractivity contribution is 6.30. The number of hydrogen-bond acceptors (Lipinski definition) is 3. The maximum absolute atomic E-state index is 13.5. The number of rotatable bonds is 5. The maximum atomic E-state index is 13.5. The summed E-state index contributed by atoms with van der Waals surface area (Å²) < 4.78 is 5.19. The fourth-order valence-electron chi connectivity index (χ4n) is 4.73. The average molecular weight is 425 g/mol. The number of hydrogen-bond donors (Lipinski definition) is 1. The number of fused-ring (bicyclic) bond motifs is 2. The second kappa shape index (κ2) is 8.52. The van der Waals surface area contributed by atoms with Crippen molar-refractivity contribution in [1.82, 2.24) is 5.32 Å². The van der Waals surface area contributed by atoms with Gasteiger partial charge in [0, 0.05) is 17.6 Å². The second-order valence-electron chi connectivity index (χ2n) is 7.75. The number of anilines is 1. The number of para-hydroxylation sites is 1. The topological polar surface area (TPSA) is 58.6 Å². The van der Waals surface area contributed by atoms with Gasteiger partial charge in [0.05, 0.1) is 7.11 Å². The van der Waals surface area contributed by atoms with Crippen LogP contribution < -0.4 is 15.0 Å². The van der Waals surface area contributed by atoms with Gasteiger partial charge in [-0.3, -0.25) is 14.5 Å². The minimum Gasteiger partial charge on any atom is -0.497 e. The molecule has 1 heterocycles. The van der Waals surface area contributed by atoms with Gasteiger partial charge in [-0.1, -0.05) is 42.5 Å². The molecule has 0 radical (unpaired) electrons. The summed E-state index contributed by atoms with van der Waals surface area (Å²) in [7, 11) is 1.62. The molecule has 2 amide bonds. The third-order valence-corrected chi connectivity index (χ3v) is 6.37. The fourth-order valence-corrected chi connectivity index (χ4v) is 4.85. The monoisotopic (exact) mass is 424 g/mol. The van der Waals surface area contributed by atoms with Crippen LogP contribution in [0.5, 0.6) is 5.75 Å². The Morgan fingerprint density at radius 3 is 2.60 bits per heavy atom. The highest BCUT2D eigenvalue weighted by Gasteiger charge is 2.55. The Morgan fingerprint density at radius 2 is 1.93 bits per heavy atom. The third kappa shape index (κ3) is 3.47. The average Bonchev–Trinajstić information content (AvgIpc) is 3.07. The third-order valence-electron chi connectivity index (χ3n) is 6.14. The molecule has 0 saturated heterocycles. The Kier molecular flexibility index (Phi) is 5.82. The van der Waals surface area contributed by atoms with Gasteiger partial charge in [0.1, 0.15) is 17.7 Å². The van der Waals surface area contributed by atoms with E-state index < -0.39 is 11.5 Å². The molecule has 5 nitrogen and oxygen atoms in total. The van der Waals surface area contributed by atoms with Crippen molar-refractivity contribution in [1.29, 1.82) is 0 Å². The van der Waals surface area contributed by atoms with Gasteiger partial charge in [-0.25, -0.2) is 0 Å². The Morgan fingerprint density at radius 1 is 1.17 bits per heavy atom. The lowest BCUT2D eigenvalue weighted by atomic mass is 9.68. The summed E-state index contributed by atoms with van der Waals surface area (Å²) in [5.74, 6) is 0.196. The van der Waals surface area contributed by atoms with Crippen LogP contribution in [-0.2, 0) is 21.5 Å². The van der Waals surface area contributed by atoms with E-state index in [0.29, 0.717) is 6.54 Å². The number of allylic oxidation sites excluding steroid dienone is 2. The molecule has 2 atom stereocenters. The molecular formula is C24H25ClN2O3. The van der Waals surface area contributed by atoms with Crippen LogP contribution in [0.25, 0.3) is 0 Å². The number of benzene rings is 2. The molecule has 2 aromatic rings. The predicted octanol–water partition coefficient (Wildman–Crippen LogP) is 3.94. The van der Waals surface area contributed by atoms with E-state index in [-0.39, 0.29) is 17.7 Å². The van der Waals surface area contributed by atoms with Crippen molar-refractivity contribution in [2.75, 3.05) is 17.9 Å². The predicted molar refractivity (Wildman–Crippen MR) is 118 cm³/mol. The fraction of sp³-hybridized carbons (Fsp3) is 0.333. The van der Waals surface area contributed by atoms with Gasteiger partial charge in [-0.15, -0.1) is 11.6 Å². The van der Waals surface area contributed by atoms with E-state index in [9.17, 15) is 9.59 Å². The van der Waals surface area contributed by atoms with Crippen molar-refractivity contribution in [3.8, 4) is 5.75 Å². The summed E-state index contributed by atoms with van der Waals surface area (Å²) in [5.41, 5.74) is 2.38. The number of carbonyl (C=O) groups excluding carboxylic acids is 2. The molecule has 2 aliphatic rings. The van der Waals surface area contributed by atoms with Crippen LogP contribution in [0.1, 0.15) is 30.4 Å². The first-order valence-corrected chi connectivity index (χ1v) is 10.7. The van der Waals surface area contributed by atoms with E-state index in [1.807, 2.05) is 48.5 Å². The molecule has 4 rings (SSSR count). The molecule has 2 aromatic carbocycles. The molecule has 0 aromatic heterocycles. The Balaban J connectivity index is 1.66. The normalized spacial score (nSPS) is 22.1. The zero-order chi connectivity index (χ0) is 21.1. The van der Waals surface area contributed by atoms with Crippen molar-refractivity contribution in [3.05, 3.63) is 71.8 Å². The molecule has 1 aliphatic heterocycles. The lowest BCUT2D eigenvalue weighted by molar-refractivity contribution is -0.127. The van der Waals surface area contributed by atoms with Crippen LogP contribution >= 0.6 is 11.6 Å². The molecule has 0 bridgehead atoms. The quantitative estimate of drug-likeness (QED) is 0.584. The summed E-state index contributed by atoms with van der Waals surface area (Å²) in [5, 5.41) is 3.05. The number of methoxy groups -OCH3 is 1. The number of ether oxygens (including phenoxy) is 1. The number of nitrogens with one attached hydrogen (secondary N) is 1. The van der Waals surface area contributed by atoms with Crippen LogP contribution in [0.15, 0.2) is 60.7 Å². The highest BCUT2D eigenvalue weighted by atomic mass is 35.5. The van der Waals surface area contributed by atoms with E-state index in [4.69, 9.17) is 16.3 Å². The molecule has 1 spiro atoms. The molecule has 0 fully saturated rings. The van der Waals surface area contributed by atoms with Gasteiger partial charge in [0.2, 0.25) is 11.8 Å². The maximum Gasteiger partial charge on any atom is 0.244 e. The van der Waals surface area contributed by atoms with Gasteiger partial charge >= 0.3 is 0 Å². The van der Waals surface area contributed by atoms with Gasteiger partial charge in [-0.05, 0) is 48.6 Å². The molecule has 0 saturated carbocycles. The summed E-state index contributed by atoms with van der Waals surface area (Å²) in [6.07, 6.45) is 6.67. The lowest BCUT2D eigenvalue weighted by Gasteiger charge is -2.38. The summed E-state index contributed by atoms with van der Waals surface area (Å²) in [4.78, 5) is 28.0. The molecule has 156 valence electrons. The van der Waals surface area contributed by atoms with Gasteiger partial charge in [0.15, 0.2) is 0 Å². The number of carbonyl (C=O) groups is 2. The highest BCUT2D eigenvalue weighted by Crippen LogP contribution is 2.52. The summed E-state index contributed by atoms with van der Waals surface area (Å²) in [6, 6.07) is 14.8. The first kappa shape index (κ1) is 20.5. The van der Waals surface area contributed by atoms with Crippen molar-refractivity contribution in [2.24, 2.45) is 0 Å². The number of halogens is 1. The van der Waals surface area contributed by atoms with Gasteiger partial charge < -0.3 is 10.1 Å². The molecule has 2 unspecified atom stereocenters. The molecular weight excluding hydrogens is 400 g/mol. The molecule has 6 heteroatoms. The second-order valence-corrected chi connectivity index (χ2v) is 8.02. The summed E-state index contributed by atoms with van der Waals surface area (Å²) >= 11 is 5.95. The van der Waals surface area contributed by atoms with E-state index in [2.05, 4.69) is 17.5 Å². The van der Waals surface area contributed by atoms with Gasteiger partial charge in [-0.2, -0.15) is 0 Å². The zero-order valence-corrected chi connectivity index (χ0v) is 17.7. The Bertz CT molecular complexity index is 973. The number of nitrogens with zero attached hydrogens (tertiary/aromatic N) is 1. The lowest BCUT2D eigenvalue weighted by Crippen LogP contribution is -2.56. The zero-order valence-electron chi connectivity index (χ0n) is 16.9. The van der Waals surface area contributed by atoms with Crippen molar-refractivity contribution in [2.45, 2.75) is 37.3 Å². The minimum atomic E-state index is -0.621. The smallest absolute Gasteiger partial charge is 0.244 e. The number of alkyl halides is 1. The Labute approximate surface area is 181 Å². The first-order valence-electron chi connectivity index (χ1n) is 10.1. The number of amides is 2. The Hall–Kier alpha value is -2.79. The van der Waals surface area contributed by atoms with E-state index in [1.54, 1.807) is 12.0 Å². The van der Waals surface area contributed by atoms with Crippen LogP contribution in [0.2, 0.25) is 0 Å². The van der Waals surface area contributed by atoms with Crippen LogP contribution in [0.3, 0.4) is 0 Å².